The van der Waals surface area contributed by atoms with Crippen molar-refractivity contribution in [2.24, 2.45) is 5.92 Å². The molecule has 8 heteroatoms. The van der Waals surface area contributed by atoms with Crippen molar-refractivity contribution in [2.45, 2.75) is 25.8 Å². The van der Waals surface area contributed by atoms with Gasteiger partial charge in [0.15, 0.2) is 0 Å². The fraction of sp³-hybridized carbons (Fsp3) is 0.429. The molecule has 0 aliphatic carbocycles. The Kier molecular flexibility index (Phi) is 5.59. The normalized spacial score (nSPS) is 18.9. The van der Waals surface area contributed by atoms with Crippen molar-refractivity contribution in [1.29, 1.82) is 0 Å². The zero-order valence-electron chi connectivity index (χ0n) is 16.5. The monoisotopic (exact) mass is 395 g/mol. The van der Waals surface area contributed by atoms with E-state index in [1.54, 1.807) is 24.3 Å². The molecule has 2 aliphatic rings. The predicted molar refractivity (Wildman–Crippen MR) is 109 cm³/mol. The van der Waals surface area contributed by atoms with Gasteiger partial charge in [0.1, 0.15) is 17.4 Å². The Hall–Kier alpha value is -3.16. The number of rotatable bonds is 6. The number of hydrogen-bond donors (Lipinski definition) is 1. The summed E-state index contributed by atoms with van der Waals surface area (Å²) in [6.45, 7) is 2.62. The molecule has 0 saturated carbocycles. The minimum absolute atomic E-state index is 0.0642. The van der Waals surface area contributed by atoms with Crippen LogP contribution in [0.3, 0.4) is 0 Å². The van der Waals surface area contributed by atoms with E-state index in [-0.39, 0.29) is 24.8 Å². The van der Waals surface area contributed by atoms with Crippen LogP contribution in [0.5, 0.6) is 5.75 Å². The van der Waals surface area contributed by atoms with Gasteiger partial charge in [0, 0.05) is 44.0 Å². The first-order chi connectivity index (χ1) is 14.1. The third-order valence-corrected chi connectivity index (χ3v) is 5.40. The summed E-state index contributed by atoms with van der Waals surface area (Å²) in [5, 5.41) is 2.89. The molecule has 2 amide bonds. The Balaban J connectivity index is 1.35. The van der Waals surface area contributed by atoms with E-state index in [0.29, 0.717) is 18.1 Å². The smallest absolute Gasteiger partial charge is 0.227 e. The van der Waals surface area contributed by atoms with Crippen LogP contribution in [0.1, 0.15) is 25.1 Å². The van der Waals surface area contributed by atoms with Crippen molar-refractivity contribution in [3.8, 4) is 5.75 Å². The quantitative estimate of drug-likeness (QED) is 0.802. The van der Waals surface area contributed by atoms with Crippen molar-refractivity contribution in [1.82, 2.24) is 15.3 Å². The molecule has 29 heavy (non-hydrogen) atoms. The van der Waals surface area contributed by atoms with Crippen LogP contribution in [-0.2, 0) is 16.1 Å². The van der Waals surface area contributed by atoms with Crippen molar-refractivity contribution in [3.05, 3.63) is 42.4 Å². The molecule has 3 heterocycles. The second-order valence-corrected chi connectivity index (χ2v) is 7.35. The minimum atomic E-state index is -0.393. The van der Waals surface area contributed by atoms with Crippen LogP contribution in [0.25, 0.3) is 0 Å². The molecule has 0 radical (unpaired) electrons. The average molecular weight is 395 g/mol. The van der Waals surface area contributed by atoms with E-state index in [1.807, 2.05) is 24.3 Å². The molecule has 8 nitrogen and oxygen atoms in total. The summed E-state index contributed by atoms with van der Waals surface area (Å²) in [5.74, 6) is 1.55. The lowest BCUT2D eigenvalue weighted by Crippen LogP contribution is -2.33. The molecule has 152 valence electrons. The molecule has 2 saturated heterocycles. The topological polar surface area (TPSA) is 87.7 Å². The van der Waals surface area contributed by atoms with Gasteiger partial charge in [-0.05, 0) is 31.0 Å². The molecule has 1 unspecified atom stereocenters. The number of anilines is 2. The maximum atomic E-state index is 12.6. The first-order valence-corrected chi connectivity index (χ1v) is 9.93. The molecule has 0 bridgehead atoms. The first-order valence-electron chi connectivity index (χ1n) is 9.93. The van der Waals surface area contributed by atoms with E-state index in [2.05, 4.69) is 20.2 Å². The molecule has 2 fully saturated rings. The van der Waals surface area contributed by atoms with Gasteiger partial charge in [-0.25, -0.2) is 9.97 Å². The standard InChI is InChI=1S/C21H25N5O3/c1-29-17-6-4-5-16(12-17)26-14-15(11-20(26)27)21(28)23-13-18-22-8-7-19(24-18)25-9-2-3-10-25/h4-8,12,15H,2-3,9-11,13-14H2,1H3,(H,23,28). The van der Waals surface area contributed by atoms with Crippen molar-refractivity contribution < 1.29 is 14.3 Å². The summed E-state index contributed by atoms with van der Waals surface area (Å²) < 4.78 is 5.22. The molecular weight excluding hydrogens is 370 g/mol. The van der Waals surface area contributed by atoms with Crippen LogP contribution in [-0.4, -0.2) is 48.5 Å². The number of carbonyl (C=O) groups excluding carboxylic acids is 2. The second-order valence-electron chi connectivity index (χ2n) is 7.35. The van der Waals surface area contributed by atoms with Crippen LogP contribution in [0.15, 0.2) is 36.5 Å². The average Bonchev–Trinajstić information content (AvgIpc) is 3.42. The van der Waals surface area contributed by atoms with Crippen LogP contribution in [0.2, 0.25) is 0 Å². The van der Waals surface area contributed by atoms with Gasteiger partial charge >= 0.3 is 0 Å². The highest BCUT2D eigenvalue weighted by Crippen LogP contribution is 2.28. The highest BCUT2D eigenvalue weighted by atomic mass is 16.5. The largest absolute Gasteiger partial charge is 0.497 e. The van der Waals surface area contributed by atoms with Gasteiger partial charge < -0.3 is 19.9 Å². The number of nitrogens with one attached hydrogen (secondary N) is 1. The van der Waals surface area contributed by atoms with E-state index in [4.69, 9.17) is 4.74 Å². The number of carbonyl (C=O) groups is 2. The van der Waals surface area contributed by atoms with Gasteiger partial charge in [0.2, 0.25) is 11.8 Å². The fourth-order valence-corrected chi connectivity index (χ4v) is 3.82. The molecule has 1 aromatic heterocycles. The van der Waals surface area contributed by atoms with Gasteiger partial charge in [-0.1, -0.05) is 6.07 Å². The summed E-state index contributed by atoms with van der Waals surface area (Å²) in [6, 6.07) is 9.20. The SMILES string of the molecule is COc1cccc(N2CC(C(=O)NCc3nccc(N4CCCC4)n3)CC2=O)c1. The number of nitrogens with zero attached hydrogens (tertiary/aromatic N) is 4. The van der Waals surface area contributed by atoms with Gasteiger partial charge in [-0.2, -0.15) is 0 Å². The molecule has 2 aliphatic heterocycles. The van der Waals surface area contributed by atoms with Gasteiger partial charge in [-0.15, -0.1) is 0 Å². The first kappa shape index (κ1) is 19.2. The summed E-state index contributed by atoms with van der Waals surface area (Å²) in [6.07, 6.45) is 4.27. The lowest BCUT2D eigenvalue weighted by molar-refractivity contribution is -0.126. The molecule has 2 aromatic rings. The van der Waals surface area contributed by atoms with E-state index >= 15 is 0 Å². The van der Waals surface area contributed by atoms with Crippen molar-refractivity contribution in [3.63, 3.8) is 0 Å². The summed E-state index contributed by atoms with van der Waals surface area (Å²) in [7, 11) is 1.59. The van der Waals surface area contributed by atoms with Gasteiger partial charge in [0.25, 0.3) is 0 Å². The number of aromatic nitrogens is 2. The number of benzene rings is 1. The molecule has 1 atom stereocenters. The summed E-state index contributed by atoms with van der Waals surface area (Å²) in [5.41, 5.74) is 0.742. The van der Waals surface area contributed by atoms with E-state index in [9.17, 15) is 9.59 Å². The maximum absolute atomic E-state index is 12.6. The van der Waals surface area contributed by atoms with Crippen molar-refractivity contribution >= 4 is 23.3 Å². The van der Waals surface area contributed by atoms with Crippen LogP contribution >= 0.6 is 0 Å². The Morgan fingerprint density at radius 2 is 2.10 bits per heavy atom. The molecule has 1 aromatic carbocycles. The Morgan fingerprint density at radius 1 is 1.28 bits per heavy atom. The van der Waals surface area contributed by atoms with Crippen LogP contribution in [0.4, 0.5) is 11.5 Å². The van der Waals surface area contributed by atoms with Crippen LogP contribution < -0.4 is 19.9 Å². The number of methoxy groups -OCH3 is 1. The number of hydrogen-bond acceptors (Lipinski definition) is 6. The Morgan fingerprint density at radius 3 is 2.90 bits per heavy atom. The third kappa shape index (κ3) is 4.31. The minimum Gasteiger partial charge on any atom is -0.497 e. The van der Waals surface area contributed by atoms with Gasteiger partial charge in [0.05, 0.1) is 19.6 Å². The number of ether oxygens (including phenoxy) is 1. The fourth-order valence-electron chi connectivity index (χ4n) is 3.82. The molecule has 1 N–H and O–H groups in total. The zero-order valence-corrected chi connectivity index (χ0v) is 16.5. The highest BCUT2D eigenvalue weighted by Gasteiger charge is 2.35. The predicted octanol–water partition coefficient (Wildman–Crippen LogP) is 1.75. The second kappa shape index (κ2) is 8.46. The molecule has 4 rings (SSSR count). The van der Waals surface area contributed by atoms with Crippen LogP contribution in [0, 0.1) is 5.92 Å². The zero-order chi connectivity index (χ0) is 20.2. The molecule has 0 spiro atoms. The van der Waals surface area contributed by atoms with Crippen molar-refractivity contribution in [2.75, 3.05) is 36.5 Å². The highest BCUT2D eigenvalue weighted by molar-refractivity contribution is 6.00. The lowest BCUT2D eigenvalue weighted by atomic mass is 10.1. The van der Waals surface area contributed by atoms with E-state index < -0.39 is 5.92 Å². The van der Waals surface area contributed by atoms with E-state index in [1.165, 1.54) is 12.8 Å². The summed E-state index contributed by atoms with van der Waals surface area (Å²) >= 11 is 0. The van der Waals surface area contributed by atoms with Gasteiger partial charge in [-0.3, -0.25) is 9.59 Å². The third-order valence-electron chi connectivity index (χ3n) is 5.40. The molecular formula is C21H25N5O3. The Bertz CT molecular complexity index is 897. The summed E-state index contributed by atoms with van der Waals surface area (Å²) in [4.78, 5) is 37.7. The Labute approximate surface area is 169 Å². The number of amides is 2. The lowest BCUT2D eigenvalue weighted by Gasteiger charge is -2.18. The maximum Gasteiger partial charge on any atom is 0.227 e. The van der Waals surface area contributed by atoms with E-state index in [0.717, 1.165) is 24.6 Å².